The summed E-state index contributed by atoms with van der Waals surface area (Å²) < 4.78 is 5.12. The molecule has 7 nitrogen and oxygen atoms in total. The van der Waals surface area contributed by atoms with Crippen LogP contribution in [0.1, 0.15) is 0 Å². The smallest absolute Gasteiger partial charge is 0.210 e. The largest absolute Gasteiger partial charge is 0.379 e. The van der Waals surface area contributed by atoms with Crippen LogP contribution in [0.25, 0.3) is 0 Å². The van der Waals surface area contributed by atoms with Crippen LogP contribution in [-0.2, 0) is 4.74 Å². The lowest BCUT2D eigenvalue weighted by Crippen LogP contribution is -2.54. The van der Waals surface area contributed by atoms with Gasteiger partial charge in [0.2, 0.25) is 5.96 Å². The molecule has 8 heteroatoms. The van der Waals surface area contributed by atoms with E-state index < -0.39 is 0 Å². The minimum absolute atomic E-state index is 0. The SMILES string of the molecule is Cl.N=C(N)NC(=N)NN1CCOCC1. The average molecular weight is 223 g/mol. The normalized spacial score (nSPS) is 16.6. The second kappa shape index (κ2) is 6.41. The molecule has 0 atom stereocenters. The Labute approximate surface area is 88.4 Å². The number of hydrazine groups is 1. The zero-order valence-electron chi connectivity index (χ0n) is 7.67. The van der Waals surface area contributed by atoms with E-state index in [-0.39, 0.29) is 24.3 Å². The van der Waals surface area contributed by atoms with Gasteiger partial charge in [0.1, 0.15) is 0 Å². The lowest BCUT2D eigenvalue weighted by atomic mass is 10.5. The number of halogens is 1. The molecule has 1 heterocycles. The molecule has 0 bridgehead atoms. The van der Waals surface area contributed by atoms with Crippen LogP contribution in [-0.4, -0.2) is 43.2 Å². The molecule has 14 heavy (non-hydrogen) atoms. The maximum atomic E-state index is 7.33. The molecule has 0 aromatic rings. The zero-order valence-corrected chi connectivity index (χ0v) is 8.49. The predicted molar refractivity (Wildman–Crippen MR) is 55.6 cm³/mol. The first-order valence-electron chi connectivity index (χ1n) is 3.97. The van der Waals surface area contributed by atoms with E-state index in [0.29, 0.717) is 13.2 Å². The number of hydrogen-bond acceptors (Lipinski definition) is 4. The van der Waals surface area contributed by atoms with Gasteiger partial charge in [-0.1, -0.05) is 0 Å². The summed E-state index contributed by atoms with van der Waals surface area (Å²) in [5.41, 5.74) is 7.80. The van der Waals surface area contributed by atoms with Crippen LogP contribution >= 0.6 is 12.4 Å². The minimum Gasteiger partial charge on any atom is -0.379 e. The number of nitrogens with zero attached hydrogens (tertiary/aromatic N) is 1. The maximum Gasteiger partial charge on any atom is 0.210 e. The molecule has 1 rings (SSSR count). The van der Waals surface area contributed by atoms with Gasteiger partial charge in [-0.15, -0.1) is 12.4 Å². The van der Waals surface area contributed by atoms with Crippen LogP contribution in [0, 0.1) is 10.8 Å². The molecule has 82 valence electrons. The highest BCUT2D eigenvalue weighted by Crippen LogP contribution is 1.91. The molecule has 6 N–H and O–H groups in total. The van der Waals surface area contributed by atoms with Gasteiger partial charge in [0, 0.05) is 13.1 Å². The molecule has 0 amide bonds. The Balaban J connectivity index is 0.00000169. The summed E-state index contributed by atoms with van der Waals surface area (Å²) in [6.45, 7) is 2.75. The Morgan fingerprint density at radius 1 is 1.29 bits per heavy atom. The number of guanidine groups is 2. The summed E-state index contributed by atoms with van der Waals surface area (Å²) in [6, 6.07) is 0. The van der Waals surface area contributed by atoms with Gasteiger partial charge in [0.15, 0.2) is 5.96 Å². The van der Waals surface area contributed by atoms with Crippen molar-refractivity contribution in [3.63, 3.8) is 0 Å². The first-order valence-corrected chi connectivity index (χ1v) is 3.97. The van der Waals surface area contributed by atoms with Crippen molar-refractivity contribution in [3.05, 3.63) is 0 Å². The van der Waals surface area contributed by atoms with Crippen LogP contribution in [0.3, 0.4) is 0 Å². The fraction of sp³-hybridized carbons (Fsp3) is 0.667. The van der Waals surface area contributed by atoms with Crippen LogP contribution in [0.15, 0.2) is 0 Å². The van der Waals surface area contributed by atoms with Crippen molar-refractivity contribution >= 4 is 24.3 Å². The number of nitrogens with two attached hydrogens (primary N) is 1. The molecule has 0 aliphatic carbocycles. The highest BCUT2D eigenvalue weighted by Gasteiger charge is 2.10. The lowest BCUT2D eigenvalue weighted by Gasteiger charge is -2.27. The molecule has 0 saturated carbocycles. The van der Waals surface area contributed by atoms with Gasteiger partial charge in [-0.2, -0.15) is 0 Å². The molecule has 0 aromatic heterocycles. The molecule has 0 aromatic carbocycles. The summed E-state index contributed by atoms with van der Waals surface area (Å²) in [5, 5.41) is 18.4. The Hall–Kier alpha value is -1.05. The van der Waals surface area contributed by atoms with E-state index >= 15 is 0 Å². The van der Waals surface area contributed by atoms with Crippen molar-refractivity contribution in [1.82, 2.24) is 15.8 Å². The number of morpholine rings is 1. The quantitative estimate of drug-likeness (QED) is 0.279. The van der Waals surface area contributed by atoms with Crippen LogP contribution in [0.2, 0.25) is 0 Å². The van der Waals surface area contributed by atoms with Crippen molar-refractivity contribution in [2.24, 2.45) is 5.73 Å². The van der Waals surface area contributed by atoms with Gasteiger partial charge in [-0.3, -0.25) is 21.6 Å². The zero-order chi connectivity index (χ0) is 9.68. The van der Waals surface area contributed by atoms with Crippen LogP contribution < -0.4 is 16.5 Å². The molecule has 1 fully saturated rings. The molecule has 0 spiro atoms. The highest BCUT2D eigenvalue weighted by molar-refractivity contribution is 5.94. The Morgan fingerprint density at radius 3 is 2.36 bits per heavy atom. The Morgan fingerprint density at radius 2 is 1.86 bits per heavy atom. The van der Waals surface area contributed by atoms with Crippen LogP contribution in [0.4, 0.5) is 0 Å². The van der Waals surface area contributed by atoms with Crippen molar-refractivity contribution in [2.75, 3.05) is 26.3 Å². The van der Waals surface area contributed by atoms with Gasteiger partial charge >= 0.3 is 0 Å². The molecular formula is C6H15ClN6O. The first kappa shape index (κ1) is 12.9. The van der Waals surface area contributed by atoms with Gasteiger partial charge in [-0.05, 0) is 0 Å². The third-order valence-corrected chi connectivity index (χ3v) is 1.54. The van der Waals surface area contributed by atoms with Crippen molar-refractivity contribution in [2.45, 2.75) is 0 Å². The molecule has 1 saturated heterocycles. The van der Waals surface area contributed by atoms with E-state index in [9.17, 15) is 0 Å². The monoisotopic (exact) mass is 222 g/mol. The molecule has 0 radical (unpaired) electrons. The fourth-order valence-corrected chi connectivity index (χ4v) is 0.996. The standard InChI is InChI=1S/C6H14N6O.ClH/c7-5(8)10-6(9)11-12-1-3-13-4-2-12;/h1-4H2,(H6,7,8,9,10,11);1H. The summed E-state index contributed by atoms with van der Waals surface area (Å²) in [4.78, 5) is 0. The maximum absolute atomic E-state index is 7.33. The van der Waals surface area contributed by atoms with Crippen LogP contribution in [0.5, 0.6) is 0 Å². The van der Waals surface area contributed by atoms with E-state index in [1.54, 1.807) is 0 Å². The van der Waals surface area contributed by atoms with Crippen molar-refractivity contribution in [3.8, 4) is 0 Å². The Bertz CT molecular complexity index is 204. The van der Waals surface area contributed by atoms with Crippen molar-refractivity contribution in [1.29, 1.82) is 10.8 Å². The summed E-state index contributed by atoms with van der Waals surface area (Å²) >= 11 is 0. The third kappa shape index (κ3) is 4.85. The van der Waals surface area contributed by atoms with Gasteiger partial charge < -0.3 is 10.5 Å². The van der Waals surface area contributed by atoms with E-state index in [1.165, 1.54) is 0 Å². The number of ether oxygens (including phenoxy) is 1. The lowest BCUT2D eigenvalue weighted by molar-refractivity contribution is 0.0243. The molecule has 0 unspecified atom stereocenters. The van der Waals surface area contributed by atoms with E-state index in [4.69, 9.17) is 21.3 Å². The van der Waals surface area contributed by atoms with Crippen molar-refractivity contribution < 1.29 is 4.74 Å². The molecule has 1 aliphatic rings. The van der Waals surface area contributed by atoms with E-state index in [0.717, 1.165) is 13.1 Å². The number of hydrogen-bond donors (Lipinski definition) is 5. The van der Waals surface area contributed by atoms with Gasteiger partial charge in [0.05, 0.1) is 13.2 Å². The van der Waals surface area contributed by atoms with Gasteiger partial charge in [0.25, 0.3) is 0 Å². The fourth-order valence-electron chi connectivity index (χ4n) is 0.996. The molecule has 1 aliphatic heterocycles. The molecular weight excluding hydrogens is 208 g/mol. The third-order valence-electron chi connectivity index (χ3n) is 1.54. The van der Waals surface area contributed by atoms with E-state index in [1.807, 2.05) is 5.01 Å². The topological polar surface area (TPSA) is 110 Å². The average Bonchev–Trinajstić information content (AvgIpc) is 2.04. The Kier molecular flexibility index (Phi) is 5.93. The summed E-state index contributed by atoms with van der Waals surface area (Å²) in [5.74, 6) is -0.236. The summed E-state index contributed by atoms with van der Waals surface area (Å²) in [7, 11) is 0. The van der Waals surface area contributed by atoms with Gasteiger partial charge in [-0.25, -0.2) is 5.01 Å². The number of rotatable bonds is 1. The summed E-state index contributed by atoms with van der Waals surface area (Å²) in [6.07, 6.45) is 0. The second-order valence-corrected chi connectivity index (χ2v) is 2.62. The highest BCUT2D eigenvalue weighted by atomic mass is 35.5. The number of nitrogens with one attached hydrogen (secondary N) is 4. The first-order chi connectivity index (χ1) is 6.18. The second-order valence-electron chi connectivity index (χ2n) is 2.62. The minimum atomic E-state index is -0.245. The predicted octanol–water partition coefficient (Wildman–Crippen LogP) is -1.34. The van der Waals surface area contributed by atoms with E-state index in [2.05, 4.69) is 10.7 Å².